The molecule has 0 rings (SSSR count). The molecule has 0 bridgehead atoms. The first-order valence-corrected chi connectivity index (χ1v) is 8.42. The van der Waals surface area contributed by atoms with E-state index in [1.165, 1.54) is 0 Å². The molecule has 15 nitrogen and oxygen atoms in total. The second kappa shape index (κ2) is 12.3. The van der Waals surface area contributed by atoms with Gasteiger partial charge in [0, 0.05) is 0 Å². The van der Waals surface area contributed by atoms with Crippen LogP contribution in [0.5, 0.6) is 0 Å². The molecule has 0 aromatic rings. The summed E-state index contributed by atoms with van der Waals surface area (Å²) in [6, 6.07) is -6.84. The Bertz CT molecular complexity index is 681. The Morgan fingerprint density at radius 1 is 0.800 bits per heavy atom. The van der Waals surface area contributed by atoms with Crippen LogP contribution in [-0.4, -0.2) is 98.0 Å². The van der Waals surface area contributed by atoms with Crippen LogP contribution in [0.25, 0.3) is 0 Å². The predicted octanol–water partition coefficient (Wildman–Crippen LogP) is -4.82. The Kier molecular flexibility index (Phi) is 10.9. The lowest BCUT2D eigenvalue weighted by molar-refractivity contribution is -0.148. The van der Waals surface area contributed by atoms with Gasteiger partial charge in [0.05, 0.1) is 31.6 Å². The first kappa shape index (κ1) is 26.7. The van der Waals surface area contributed by atoms with Gasteiger partial charge in [0.1, 0.15) is 18.1 Å². The summed E-state index contributed by atoms with van der Waals surface area (Å²) in [6.45, 7) is 0.0785. The van der Waals surface area contributed by atoms with Gasteiger partial charge >= 0.3 is 17.9 Å². The first-order chi connectivity index (χ1) is 13.8. The minimum absolute atomic E-state index is 0.759. The van der Waals surface area contributed by atoms with E-state index in [4.69, 9.17) is 21.1 Å². The molecule has 0 saturated carbocycles. The van der Waals surface area contributed by atoms with E-state index in [9.17, 15) is 39.0 Å². The Morgan fingerprint density at radius 2 is 1.30 bits per heavy atom. The second-order valence-corrected chi connectivity index (χ2v) is 6.17. The van der Waals surface area contributed by atoms with E-state index in [1.54, 1.807) is 0 Å². The summed E-state index contributed by atoms with van der Waals surface area (Å²) in [5.41, 5.74) is 5.33. The van der Waals surface area contributed by atoms with Crippen molar-refractivity contribution in [2.24, 2.45) is 5.73 Å². The van der Waals surface area contributed by atoms with Crippen molar-refractivity contribution >= 4 is 35.6 Å². The highest BCUT2D eigenvalue weighted by Gasteiger charge is 2.33. The van der Waals surface area contributed by atoms with Gasteiger partial charge in [-0.1, -0.05) is 0 Å². The molecule has 0 spiro atoms. The minimum atomic E-state index is -1.85. The molecule has 5 atom stereocenters. The third kappa shape index (κ3) is 9.26. The summed E-state index contributed by atoms with van der Waals surface area (Å²) in [5.74, 6) is -8.09. The molecular formula is C15H24N4O11. The standard InChI is InChI=1S/C15H24N4O11/c1-5(21)11(14(28)17-7(15(29)30)3-10(24)25)19-13(27)8(4-20)18-12(26)6(16)2-9(22)23/h5-8,11,20-21H,2-4,16H2,1H3,(H,17,28)(H,18,26)(H,19,27)(H,22,23)(H,24,25)(H,29,30)/t5-,6+,7+,8+,11+/m1/s1. The van der Waals surface area contributed by atoms with Crippen molar-refractivity contribution in [2.75, 3.05) is 6.61 Å². The maximum Gasteiger partial charge on any atom is 0.326 e. The highest BCUT2D eigenvalue weighted by atomic mass is 16.4. The van der Waals surface area contributed by atoms with Gasteiger partial charge in [0.2, 0.25) is 17.7 Å². The maximum atomic E-state index is 12.2. The Morgan fingerprint density at radius 3 is 1.70 bits per heavy atom. The van der Waals surface area contributed by atoms with Crippen molar-refractivity contribution in [3.8, 4) is 0 Å². The molecular weight excluding hydrogens is 412 g/mol. The number of aliphatic hydroxyl groups is 2. The number of nitrogens with one attached hydrogen (secondary N) is 3. The van der Waals surface area contributed by atoms with Crippen molar-refractivity contribution in [1.29, 1.82) is 0 Å². The van der Waals surface area contributed by atoms with Crippen LogP contribution in [0.1, 0.15) is 19.8 Å². The molecule has 0 fully saturated rings. The van der Waals surface area contributed by atoms with E-state index >= 15 is 0 Å². The zero-order valence-electron chi connectivity index (χ0n) is 15.8. The summed E-state index contributed by atoms with van der Waals surface area (Å²) < 4.78 is 0. The van der Waals surface area contributed by atoms with E-state index in [0.29, 0.717) is 0 Å². The number of rotatable bonds is 13. The van der Waals surface area contributed by atoms with E-state index in [-0.39, 0.29) is 0 Å². The van der Waals surface area contributed by atoms with E-state index in [1.807, 2.05) is 16.0 Å². The van der Waals surface area contributed by atoms with Crippen LogP contribution < -0.4 is 21.7 Å². The predicted molar refractivity (Wildman–Crippen MR) is 94.7 cm³/mol. The Labute approximate surface area is 169 Å². The summed E-state index contributed by atoms with van der Waals surface area (Å²) in [4.78, 5) is 68.5. The van der Waals surface area contributed by atoms with Gasteiger partial charge in [-0.05, 0) is 6.92 Å². The topological polar surface area (TPSA) is 266 Å². The highest BCUT2D eigenvalue weighted by Crippen LogP contribution is 2.00. The van der Waals surface area contributed by atoms with Crippen molar-refractivity contribution in [1.82, 2.24) is 16.0 Å². The first-order valence-electron chi connectivity index (χ1n) is 8.42. The van der Waals surface area contributed by atoms with E-state index < -0.39 is 85.3 Å². The van der Waals surface area contributed by atoms with Gasteiger partial charge in [-0.15, -0.1) is 0 Å². The zero-order valence-corrected chi connectivity index (χ0v) is 15.8. The van der Waals surface area contributed by atoms with Crippen molar-refractivity contribution in [2.45, 2.75) is 50.0 Å². The summed E-state index contributed by atoms with van der Waals surface area (Å²) in [6.07, 6.45) is -3.32. The van der Waals surface area contributed by atoms with Crippen LogP contribution in [0, 0.1) is 0 Å². The van der Waals surface area contributed by atoms with Crippen molar-refractivity contribution < 1.29 is 54.3 Å². The molecule has 0 unspecified atom stereocenters. The maximum absolute atomic E-state index is 12.2. The lowest BCUT2D eigenvalue weighted by Gasteiger charge is -2.25. The van der Waals surface area contributed by atoms with E-state index in [0.717, 1.165) is 6.92 Å². The van der Waals surface area contributed by atoms with E-state index in [2.05, 4.69) is 0 Å². The fourth-order valence-corrected chi connectivity index (χ4v) is 2.05. The van der Waals surface area contributed by atoms with Gasteiger partial charge in [-0.2, -0.15) is 0 Å². The number of hydrogen-bond acceptors (Lipinski definition) is 9. The van der Waals surface area contributed by atoms with Crippen LogP contribution in [0.4, 0.5) is 0 Å². The Hall–Kier alpha value is -3.30. The Balaban J connectivity index is 5.21. The number of aliphatic carboxylic acids is 3. The number of carbonyl (C=O) groups excluding carboxylic acids is 3. The SMILES string of the molecule is C[C@@H](O)[C@H](NC(=O)[C@H](CO)NC(=O)[C@@H](N)CC(=O)O)C(=O)N[C@@H](CC(=O)O)C(=O)O. The number of amides is 3. The molecule has 0 aliphatic carbocycles. The van der Waals surface area contributed by atoms with Crippen LogP contribution in [-0.2, 0) is 28.8 Å². The lowest BCUT2D eigenvalue weighted by atomic mass is 10.1. The number of carboxylic acid groups (broad SMARTS) is 3. The second-order valence-electron chi connectivity index (χ2n) is 6.17. The molecule has 0 saturated heterocycles. The quantitative estimate of drug-likeness (QED) is 0.132. The molecule has 170 valence electrons. The largest absolute Gasteiger partial charge is 0.481 e. The third-order valence-electron chi connectivity index (χ3n) is 3.60. The fourth-order valence-electron chi connectivity index (χ4n) is 2.05. The lowest BCUT2D eigenvalue weighted by Crippen LogP contribution is -2.60. The minimum Gasteiger partial charge on any atom is -0.481 e. The normalized spacial score (nSPS) is 15.6. The molecule has 0 aromatic carbocycles. The molecule has 0 aliphatic rings. The number of aliphatic hydroxyl groups excluding tert-OH is 2. The van der Waals surface area contributed by atoms with Crippen molar-refractivity contribution in [3.05, 3.63) is 0 Å². The molecule has 0 aromatic heterocycles. The monoisotopic (exact) mass is 436 g/mol. The van der Waals surface area contributed by atoms with Crippen molar-refractivity contribution in [3.63, 3.8) is 0 Å². The average Bonchev–Trinajstić information content (AvgIpc) is 2.61. The molecule has 10 N–H and O–H groups in total. The van der Waals surface area contributed by atoms with Crippen LogP contribution in [0.2, 0.25) is 0 Å². The average molecular weight is 436 g/mol. The number of hydrogen-bond donors (Lipinski definition) is 9. The van der Waals surface area contributed by atoms with Gasteiger partial charge < -0.3 is 47.2 Å². The number of carboxylic acids is 3. The van der Waals surface area contributed by atoms with Crippen LogP contribution in [0.15, 0.2) is 0 Å². The smallest absolute Gasteiger partial charge is 0.326 e. The van der Waals surface area contributed by atoms with Gasteiger partial charge in [0.15, 0.2) is 0 Å². The number of nitrogens with two attached hydrogens (primary N) is 1. The molecule has 3 amide bonds. The zero-order chi connectivity index (χ0) is 23.6. The van der Waals surface area contributed by atoms with Gasteiger partial charge in [-0.3, -0.25) is 24.0 Å². The number of carbonyl (C=O) groups is 6. The highest BCUT2D eigenvalue weighted by molar-refractivity contribution is 5.95. The molecule has 15 heteroatoms. The van der Waals surface area contributed by atoms with Gasteiger partial charge in [-0.25, -0.2) is 4.79 Å². The molecule has 0 heterocycles. The van der Waals surface area contributed by atoms with Crippen LogP contribution in [0.3, 0.4) is 0 Å². The molecule has 30 heavy (non-hydrogen) atoms. The summed E-state index contributed by atoms with van der Waals surface area (Å²) in [5, 5.41) is 51.0. The fraction of sp³-hybridized carbons (Fsp3) is 0.600. The van der Waals surface area contributed by atoms with Gasteiger partial charge in [0.25, 0.3) is 0 Å². The molecule has 0 radical (unpaired) electrons. The molecule has 0 aliphatic heterocycles. The summed E-state index contributed by atoms with van der Waals surface area (Å²) in [7, 11) is 0. The summed E-state index contributed by atoms with van der Waals surface area (Å²) >= 11 is 0. The third-order valence-corrected chi connectivity index (χ3v) is 3.60. The van der Waals surface area contributed by atoms with Crippen LogP contribution >= 0.6 is 0 Å².